The van der Waals surface area contributed by atoms with Crippen LogP contribution in [-0.2, 0) is 3.79 Å². The molecule has 0 aliphatic rings. The molecule has 0 bridgehead atoms. The van der Waals surface area contributed by atoms with Crippen molar-refractivity contribution in [2.24, 2.45) is 0 Å². The largest absolute Gasteiger partial charge is 0.236 e. The summed E-state index contributed by atoms with van der Waals surface area (Å²) < 4.78 is -1.55. The predicted octanol–water partition coefficient (Wildman–Crippen LogP) is 4.71. The van der Waals surface area contributed by atoms with Gasteiger partial charge in [-0.25, -0.2) is 4.98 Å². The Balaban J connectivity index is 2.73. The molecule has 0 radical (unpaired) electrons. The molecule has 5 heteroatoms. The first-order chi connectivity index (χ1) is 6.98. The van der Waals surface area contributed by atoms with Crippen molar-refractivity contribution < 1.29 is 0 Å². The van der Waals surface area contributed by atoms with Gasteiger partial charge in [-0.05, 0) is 12.1 Å². The lowest BCUT2D eigenvalue weighted by Crippen LogP contribution is -2.02. The molecule has 2 rings (SSSR count). The number of pyridine rings is 1. The summed E-state index contributed by atoms with van der Waals surface area (Å²) in [5.74, 6) is 0. The maximum atomic E-state index is 5.92. The number of hydrogen-bond donors (Lipinski definition) is 0. The van der Waals surface area contributed by atoms with E-state index in [0.717, 1.165) is 10.9 Å². The number of hydrogen-bond acceptors (Lipinski definition) is 1. The standard InChI is InChI=1S/C10H5Cl4N/c11-9-7(10(12,13)14)5-6-3-1-2-4-8(6)15-9/h1-5H. The highest BCUT2D eigenvalue weighted by atomic mass is 35.6. The highest BCUT2D eigenvalue weighted by Crippen LogP contribution is 2.42. The molecule has 0 spiro atoms. The van der Waals surface area contributed by atoms with Gasteiger partial charge in [-0.2, -0.15) is 0 Å². The molecule has 0 saturated heterocycles. The second kappa shape index (κ2) is 3.99. The van der Waals surface area contributed by atoms with Crippen LogP contribution >= 0.6 is 46.4 Å². The van der Waals surface area contributed by atoms with Crippen LogP contribution in [0.1, 0.15) is 5.56 Å². The van der Waals surface area contributed by atoms with Gasteiger partial charge in [-0.1, -0.05) is 64.6 Å². The van der Waals surface area contributed by atoms with E-state index in [4.69, 9.17) is 46.4 Å². The number of fused-ring (bicyclic) bond motifs is 1. The molecule has 15 heavy (non-hydrogen) atoms. The van der Waals surface area contributed by atoms with E-state index in [2.05, 4.69) is 4.98 Å². The molecule has 1 nitrogen and oxygen atoms in total. The first-order valence-corrected chi connectivity index (χ1v) is 5.62. The zero-order chi connectivity index (χ0) is 11.1. The summed E-state index contributed by atoms with van der Waals surface area (Å²) >= 11 is 23.2. The SMILES string of the molecule is Clc1nc2ccccc2cc1C(Cl)(Cl)Cl. The van der Waals surface area contributed by atoms with Crippen molar-refractivity contribution in [1.82, 2.24) is 4.98 Å². The highest BCUT2D eigenvalue weighted by molar-refractivity contribution is 6.67. The van der Waals surface area contributed by atoms with E-state index >= 15 is 0 Å². The van der Waals surface area contributed by atoms with Crippen LogP contribution < -0.4 is 0 Å². The minimum atomic E-state index is -1.55. The van der Waals surface area contributed by atoms with Crippen LogP contribution in [0.3, 0.4) is 0 Å². The molecule has 78 valence electrons. The first kappa shape index (κ1) is 11.3. The van der Waals surface area contributed by atoms with Gasteiger partial charge in [-0.15, -0.1) is 0 Å². The van der Waals surface area contributed by atoms with Crippen molar-refractivity contribution in [1.29, 1.82) is 0 Å². The quantitative estimate of drug-likeness (QED) is 0.503. The van der Waals surface area contributed by atoms with Gasteiger partial charge in [-0.3, -0.25) is 0 Å². The molecular formula is C10H5Cl4N. The Morgan fingerprint density at radius 3 is 2.40 bits per heavy atom. The van der Waals surface area contributed by atoms with E-state index < -0.39 is 3.79 Å². The zero-order valence-corrected chi connectivity index (χ0v) is 10.4. The van der Waals surface area contributed by atoms with Gasteiger partial charge in [0.25, 0.3) is 0 Å². The van der Waals surface area contributed by atoms with Gasteiger partial charge in [0.15, 0.2) is 0 Å². The molecule has 0 N–H and O–H groups in total. The molecular weight excluding hydrogens is 276 g/mol. The number of alkyl halides is 3. The van der Waals surface area contributed by atoms with Crippen LogP contribution in [0.4, 0.5) is 0 Å². The smallest absolute Gasteiger partial charge is 0.219 e. The number of rotatable bonds is 0. The average Bonchev–Trinajstić information content (AvgIpc) is 2.15. The van der Waals surface area contributed by atoms with Gasteiger partial charge in [0.2, 0.25) is 3.79 Å². The van der Waals surface area contributed by atoms with Crippen LogP contribution in [-0.4, -0.2) is 4.98 Å². The summed E-state index contributed by atoms with van der Waals surface area (Å²) in [6, 6.07) is 9.24. The van der Waals surface area contributed by atoms with Crippen LogP contribution in [0.25, 0.3) is 10.9 Å². The number of benzene rings is 1. The Morgan fingerprint density at radius 2 is 1.73 bits per heavy atom. The molecule has 0 atom stereocenters. The average molecular weight is 281 g/mol. The van der Waals surface area contributed by atoms with E-state index in [1.807, 2.05) is 24.3 Å². The van der Waals surface area contributed by atoms with Crippen LogP contribution in [0, 0.1) is 0 Å². The molecule has 1 aromatic heterocycles. The molecule has 0 saturated carbocycles. The molecule has 1 heterocycles. The van der Waals surface area contributed by atoms with Gasteiger partial charge in [0.1, 0.15) is 5.15 Å². The van der Waals surface area contributed by atoms with Gasteiger partial charge < -0.3 is 0 Å². The van der Waals surface area contributed by atoms with E-state index in [1.54, 1.807) is 6.07 Å². The van der Waals surface area contributed by atoms with Crippen LogP contribution in [0.2, 0.25) is 5.15 Å². The predicted molar refractivity (Wildman–Crippen MR) is 66.0 cm³/mol. The van der Waals surface area contributed by atoms with Crippen LogP contribution in [0.5, 0.6) is 0 Å². The molecule has 0 amide bonds. The Kier molecular flexibility index (Phi) is 3.00. The van der Waals surface area contributed by atoms with Crippen molar-refractivity contribution in [3.05, 3.63) is 41.0 Å². The molecule has 0 aliphatic carbocycles. The normalized spacial score (nSPS) is 12.0. The minimum Gasteiger partial charge on any atom is -0.236 e. The lowest BCUT2D eigenvalue weighted by atomic mass is 10.2. The Bertz CT molecular complexity index is 504. The summed E-state index contributed by atoms with van der Waals surface area (Å²) in [4.78, 5) is 4.15. The molecule has 2 aromatic rings. The third-order valence-electron chi connectivity index (χ3n) is 1.98. The second-order valence-electron chi connectivity index (χ2n) is 3.02. The fraction of sp³-hybridized carbons (Fsp3) is 0.100. The highest BCUT2D eigenvalue weighted by Gasteiger charge is 2.26. The summed E-state index contributed by atoms with van der Waals surface area (Å²) in [6.45, 7) is 0. The van der Waals surface area contributed by atoms with E-state index in [-0.39, 0.29) is 5.15 Å². The van der Waals surface area contributed by atoms with Crippen molar-refractivity contribution in [2.45, 2.75) is 3.79 Å². The Labute approximate surface area is 107 Å². The molecule has 0 fully saturated rings. The lowest BCUT2D eigenvalue weighted by molar-refractivity contribution is 1.20. The van der Waals surface area contributed by atoms with Gasteiger partial charge >= 0.3 is 0 Å². The van der Waals surface area contributed by atoms with Crippen LogP contribution in [0.15, 0.2) is 30.3 Å². The fourth-order valence-corrected chi connectivity index (χ4v) is 2.16. The summed E-state index contributed by atoms with van der Waals surface area (Å²) in [6.07, 6.45) is 0. The summed E-state index contributed by atoms with van der Waals surface area (Å²) in [7, 11) is 0. The molecule has 0 aliphatic heterocycles. The first-order valence-electron chi connectivity index (χ1n) is 4.11. The lowest BCUT2D eigenvalue weighted by Gasteiger charge is -2.13. The maximum Gasteiger partial charge on any atom is 0.219 e. The third-order valence-corrected chi connectivity index (χ3v) is 2.88. The van der Waals surface area contributed by atoms with Crippen molar-refractivity contribution >= 4 is 57.3 Å². The number of nitrogens with zero attached hydrogens (tertiary/aromatic N) is 1. The number of aromatic nitrogens is 1. The zero-order valence-electron chi connectivity index (χ0n) is 7.35. The second-order valence-corrected chi connectivity index (χ2v) is 5.66. The Hall–Kier alpha value is -0.210. The maximum absolute atomic E-state index is 5.92. The van der Waals surface area contributed by atoms with E-state index in [1.165, 1.54) is 0 Å². The van der Waals surface area contributed by atoms with E-state index in [0.29, 0.717) is 5.56 Å². The van der Waals surface area contributed by atoms with Gasteiger partial charge in [0, 0.05) is 10.9 Å². The fourth-order valence-electron chi connectivity index (χ4n) is 1.29. The monoisotopic (exact) mass is 279 g/mol. The summed E-state index contributed by atoms with van der Waals surface area (Å²) in [5.41, 5.74) is 1.17. The topological polar surface area (TPSA) is 12.9 Å². The van der Waals surface area contributed by atoms with Gasteiger partial charge in [0.05, 0.1) is 5.52 Å². The molecule has 1 aromatic carbocycles. The third kappa shape index (κ3) is 2.31. The number of para-hydroxylation sites is 1. The van der Waals surface area contributed by atoms with Crippen molar-refractivity contribution in [3.63, 3.8) is 0 Å². The number of halogens is 4. The Morgan fingerprint density at radius 1 is 1.07 bits per heavy atom. The van der Waals surface area contributed by atoms with Crippen molar-refractivity contribution in [3.8, 4) is 0 Å². The summed E-state index contributed by atoms with van der Waals surface area (Å²) in [5, 5.41) is 1.11. The molecule has 0 unspecified atom stereocenters. The van der Waals surface area contributed by atoms with E-state index in [9.17, 15) is 0 Å². The van der Waals surface area contributed by atoms with Crippen molar-refractivity contribution in [2.75, 3.05) is 0 Å². The minimum absolute atomic E-state index is 0.216.